The van der Waals surface area contributed by atoms with Crippen LogP contribution in [0.5, 0.6) is 0 Å². The van der Waals surface area contributed by atoms with Crippen LogP contribution in [-0.4, -0.2) is 44.7 Å². The number of rotatable bonds is 7. The fourth-order valence-corrected chi connectivity index (χ4v) is 3.84. The highest BCUT2D eigenvalue weighted by molar-refractivity contribution is 7.91. The number of ether oxygens (including phenoxy) is 1. The molecule has 1 amide bonds. The molecule has 0 spiro atoms. The summed E-state index contributed by atoms with van der Waals surface area (Å²) in [5.41, 5.74) is 1.67. The number of benzene rings is 1. The summed E-state index contributed by atoms with van der Waals surface area (Å²) in [6.45, 7) is 3.47. The van der Waals surface area contributed by atoms with E-state index >= 15 is 0 Å². The first-order valence-corrected chi connectivity index (χ1v) is 9.82. The third kappa shape index (κ3) is 4.13. The summed E-state index contributed by atoms with van der Waals surface area (Å²) in [7, 11) is -2.19. The molecule has 0 fully saturated rings. The summed E-state index contributed by atoms with van der Waals surface area (Å²) in [5.74, 6) is -1.19. The van der Waals surface area contributed by atoms with Gasteiger partial charge < -0.3 is 15.0 Å². The van der Waals surface area contributed by atoms with Crippen molar-refractivity contribution in [1.29, 1.82) is 0 Å². The molecule has 0 aliphatic heterocycles. The fraction of sp³-hybridized carbons (Fsp3) is 0.333. The van der Waals surface area contributed by atoms with E-state index < -0.39 is 21.7 Å². The number of hydrogen-bond donors (Lipinski definition) is 2. The summed E-state index contributed by atoms with van der Waals surface area (Å²) < 4.78 is 29.2. The molecule has 0 aliphatic rings. The number of nitrogens with one attached hydrogen (secondary N) is 2. The average Bonchev–Trinajstić information content (AvgIpc) is 2.98. The number of aryl methyl sites for hydroxylation is 1. The largest absolute Gasteiger partial charge is 0.465 e. The van der Waals surface area contributed by atoms with E-state index in [0.717, 1.165) is 0 Å². The lowest BCUT2D eigenvalue weighted by Gasteiger charge is -2.06. The molecule has 140 valence electrons. The fourth-order valence-electron chi connectivity index (χ4n) is 2.66. The predicted octanol–water partition coefficient (Wildman–Crippen LogP) is 1.88. The zero-order chi connectivity index (χ0) is 19.3. The molecule has 2 N–H and O–H groups in total. The van der Waals surface area contributed by atoms with E-state index in [1.807, 2.05) is 6.92 Å². The summed E-state index contributed by atoms with van der Waals surface area (Å²) in [4.78, 5) is 27.4. The van der Waals surface area contributed by atoms with Crippen molar-refractivity contribution in [1.82, 2.24) is 10.3 Å². The minimum Gasteiger partial charge on any atom is -0.465 e. The quantitative estimate of drug-likeness (QED) is 0.716. The smallest absolute Gasteiger partial charge is 0.339 e. The highest BCUT2D eigenvalue weighted by Crippen LogP contribution is 2.20. The first kappa shape index (κ1) is 19.7. The van der Waals surface area contributed by atoms with Gasteiger partial charge in [-0.25, -0.2) is 13.2 Å². The Bertz CT molecular complexity index is 901. The van der Waals surface area contributed by atoms with Crippen molar-refractivity contribution in [2.24, 2.45) is 0 Å². The van der Waals surface area contributed by atoms with Gasteiger partial charge in [-0.2, -0.15) is 0 Å². The Morgan fingerprint density at radius 2 is 1.85 bits per heavy atom. The molecule has 8 heteroatoms. The predicted molar refractivity (Wildman–Crippen MR) is 97.1 cm³/mol. The first-order chi connectivity index (χ1) is 12.3. The van der Waals surface area contributed by atoms with Gasteiger partial charge in [0.15, 0.2) is 9.84 Å². The second-order valence-corrected chi connectivity index (χ2v) is 7.82. The lowest BCUT2D eigenvalue weighted by molar-refractivity contribution is 0.0599. The van der Waals surface area contributed by atoms with Gasteiger partial charge in [-0.05, 0) is 31.0 Å². The van der Waals surface area contributed by atoms with Gasteiger partial charge in [-0.1, -0.05) is 25.1 Å². The van der Waals surface area contributed by atoms with Crippen molar-refractivity contribution in [2.45, 2.75) is 25.2 Å². The Kier molecular flexibility index (Phi) is 6.20. The van der Waals surface area contributed by atoms with E-state index in [0.29, 0.717) is 23.2 Å². The zero-order valence-corrected chi connectivity index (χ0v) is 15.8. The number of methoxy groups -OCH3 is 1. The minimum absolute atomic E-state index is 0.0382. The van der Waals surface area contributed by atoms with Crippen LogP contribution in [0, 0.1) is 6.92 Å². The van der Waals surface area contributed by atoms with Crippen LogP contribution in [0.15, 0.2) is 35.2 Å². The van der Waals surface area contributed by atoms with Crippen LogP contribution >= 0.6 is 0 Å². The maximum Gasteiger partial charge on any atom is 0.339 e. The van der Waals surface area contributed by atoms with Gasteiger partial charge in [0.2, 0.25) is 0 Å². The van der Waals surface area contributed by atoms with Crippen LogP contribution in [0.3, 0.4) is 0 Å². The molecule has 1 aromatic heterocycles. The molecule has 0 radical (unpaired) electrons. The number of hydrogen-bond acceptors (Lipinski definition) is 5. The molecule has 2 aromatic rings. The Morgan fingerprint density at radius 3 is 2.42 bits per heavy atom. The lowest BCUT2D eigenvalue weighted by Crippen LogP contribution is -2.30. The van der Waals surface area contributed by atoms with Gasteiger partial charge in [-0.15, -0.1) is 0 Å². The number of carbonyl (C=O) groups is 2. The Morgan fingerprint density at radius 1 is 1.19 bits per heavy atom. The summed E-state index contributed by atoms with van der Waals surface area (Å²) >= 11 is 0. The van der Waals surface area contributed by atoms with Crippen molar-refractivity contribution in [3.05, 3.63) is 52.8 Å². The number of aromatic amines is 1. The van der Waals surface area contributed by atoms with Crippen LogP contribution in [0.25, 0.3) is 0 Å². The van der Waals surface area contributed by atoms with Gasteiger partial charge in [0.25, 0.3) is 5.91 Å². The molecular weight excluding hydrogens is 356 g/mol. The van der Waals surface area contributed by atoms with Crippen molar-refractivity contribution in [3.63, 3.8) is 0 Å². The van der Waals surface area contributed by atoms with E-state index in [4.69, 9.17) is 4.74 Å². The Hall–Kier alpha value is -2.61. The topological polar surface area (TPSA) is 105 Å². The highest BCUT2D eigenvalue weighted by atomic mass is 32.2. The summed E-state index contributed by atoms with van der Waals surface area (Å²) in [5, 5.41) is 2.59. The second-order valence-electron chi connectivity index (χ2n) is 5.71. The molecule has 0 saturated carbocycles. The molecule has 2 rings (SSSR count). The van der Waals surface area contributed by atoms with E-state index in [9.17, 15) is 18.0 Å². The lowest BCUT2D eigenvalue weighted by atomic mass is 10.1. The van der Waals surface area contributed by atoms with Crippen molar-refractivity contribution < 1.29 is 22.7 Å². The monoisotopic (exact) mass is 378 g/mol. The molecule has 7 nitrogen and oxygen atoms in total. The molecule has 1 aromatic carbocycles. The number of sulfone groups is 1. The number of esters is 1. The van der Waals surface area contributed by atoms with Crippen LogP contribution in [0.2, 0.25) is 0 Å². The number of carbonyl (C=O) groups excluding carboxylic acids is 2. The molecular formula is C18H22N2O5S. The molecule has 0 unspecified atom stereocenters. The SMILES string of the molecule is CCc1[nH]c(C(=O)NCCS(=O)(=O)c2ccccc2)c(C)c1C(=O)OC. The molecule has 1 heterocycles. The van der Waals surface area contributed by atoms with E-state index in [1.54, 1.807) is 25.1 Å². The summed E-state index contributed by atoms with van der Waals surface area (Å²) in [6.07, 6.45) is 0.529. The minimum atomic E-state index is -3.47. The standard InChI is InChI=1S/C18H22N2O5S/c1-4-14-15(18(22)25-3)12(2)16(20-14)17(21)19-10-11-26(23,24)13-8-6-5-7-9-13/h5-9,20H,4,10-11H2,1-3H3,(H,19,21). The highest BCUT2D eigenvalue weighted by Gasteiger charge is 2.24. The van der Waals surface area contributed by atoms with Gasteiger partial charge in [-0.3, -0.25) is 4.79 Å². The van der Waals surface area contributed by atoms with Gasteiger partial charge in [0, 0.05) is 12.2 Å². The molecule has 0 bridgehead atoms. The normalized spacial score (nSPS) is 11.2. The Labute approximate surface area is 152 Å². The van der Waals surface area contributed by atoms with Gasteiger partial charge >= 0.3 is 5.97 Å². The molecule has 0 atom stereocenters. The molecule has 0 aliphatic carbocycles. The van der Waals surface area contributed by atoms with Crippen LogP contribution in [0.1, 0.15) is 39.0 Å². The van der Waals surface area contributed by atoms with Crippen molar-refractivity contribution in [2.75, 3.05) is 19.4 Å². The number of H-pyrrole nitrogens is 1. The Balaban J connectivity index is 2.09. The summed E-state index contributed by atoms with van der Waals surface area (Å²) in [6, 6.07) is 8.06. The van der Waals surface area contributed by atoms with Crippen LogP contribution in [0.4, 0.5) is 0 Å². The number of aromatic nitrogens is 1. The van der Waals surface area contributed by atoms with E-state index in [1.165, 1.54) is 19.2 Å². The van der Waals surface area contributed by atoms with Crippen molar-refractivity contribution in [3.8, 4) is 0 Å². The van der Waals surface area contributed by atoms with Gasteiger partial charge in [0.1, 0.15) is 5.69 Å². The van der Waals surface area contributed by atoms with Gasteiger partial charge in [0.05, 0.1) is 23.3 Å². The van der Waals surface area contributed by atoms with Crippen LogP contribution < -0.4 is 5.32 Å². The third-order valence-electron chi connectivity index (χ3n) is 4.06. The number of amides is 1. The van der Waals surface area contributed by atoms with E-state index in [2.05, 4.69) is 10.3 Å². The second kappa shape index (κ2) is 8.18. The molecule has 0 saturated heterocycles. The van der Waals surface area contributed by atoms with E-state index in [-0.39, 0.29) is 22.9 Å². The maximum atomic E-state index is 12.4. The van der Waals surface area contributed by atoms with Crippen molar-refractivity contribution >= 4 is 21.7 Å². The zero-order valence-electron chi connectivity index (χ0n) is 15.0. The third-order valence-corrected chi connectivity index (χ3v) is 5.79. The maximum absolute atomic E-state index is 12.4. The van der Waals surface area contributed by atoms with Crippen LogP contribution in [-0.2, 0) is 21.0 Å². The first-order valence-electron chi connectivity index (χ1n) is 8.17. The average molecular weight is 378 g/mol. The molecule has 26 heavy (non-hydrogen) atoms.